The zero-order valence-electron chi connectivity index (χ0n) is 10.9. The maximum atomic E-state index is 11.7. The van der Waals surface area contributed by atoms with Crippen molar-refractivity contribution in [2.45, 2.75) is 19.9 Å². The standard InChI is InChI=1S/C14H17Cl2NO2/c1-9(2)13(8-18)17-14(19)7-6-10-11(15)4-3-5-12(10)16/h3-7,9,13,18H,8H2,1-2H3,(H,17,19). The highest BCUT2D eigenvalue weighted by atomic mass is 35.5. The number of benzene rings is 1. The highest BCUT2D eigenvalue weighted by molar-refractivity contribution is 6.37. The van der Waals surface area contributed by atoms with E-state index in [0.29, 0.717) is 15.6 Å². The normalized spacial score (nSPS) is 12.9. The van der Waals surface area contributed by atoms with Crippen LogP contribution in [0.3, 0.4) is 0 Å². The van der Waals surface area contributed by atoms with Gasteiger partial charge in [-0.1, -0.05) is 43.1 Å². The van der Waals surface area contributed by atoms with Crippen molar-refractivity contribution in [3.05, 3.63) is 39.9 Å². The van der Waals surface area contributed by atoms with E-state index in [1.807, 2.05) is 13.8 Å². The first-order valence-corrected chi connectivity index (χ1v) is 6.74. The molecular weight excluding hydrogens is 285 g/mol. The van der Waals surface area contributed by atoms with Gasteiger partial charge in [0.15, 0.2) is 0 Å². The number of carbonyl (C=O) groups excluding carboxylic acids is 1. The first-order chi connectivity index (χ1) is 8.95. The van der Waals surface area contributed by atoms with Crippen LogP contribution in [-0.2, 0) is 4.79 Å². The van der Waals surface area contributed by atoms with Crippen LogP contribution in [0.5, 0.6) is 0 Å². The molecule has 0 spiro atoms. The largest absolute Gasteiger partial charge is 0.394 e. The topological polar surface area (TPSA) is 49.3 Å². The Bertz CT molecular complexity index is 452. The molecular formula is C14H17Cl2NO2. The molecule has 1 aromatic carbocycles. The quantitative estimate of drug-likeness (QED) is 0.821. The molecule has 1 amide bonds. The van der Waals surface area contributed by atoms with Crippen LogP contribution in [0.4, 0.5) is 0 Å². The summed E-state index contributed by atoms with van der Waals surface area (Å²) >= 11 is 12.0. The van der Waals surface area contributed by atoms with Crippen molar-refractivity contribution < 1.29 is 9.90 Å². The van der Waals surface area contributed by atoms with Crippen LogP contribution in [0.15, 0.2) is 24.3 Å². The summed E-state index contributed by atoms with van der Waals surface area (Å²) in [5.41, 5.74) is 0.603. The van der Waals surface area contributed by atoms with E-state index in [2.05, 4.69) is 5.32 Å². The first-order valence-electron chi connectivity index (χ1n) is 5.99. The zero-order valence-corrected chi connectivity index (χ0v) is 12.4. The molecule has 2 N–H and O–H groups in total. The Morgan fingerprint density at radius 2 is 1.95 bits per heavy atom. The molecule has 1 aromatic rings. The van der Waals surface area contributed by atoms with Crippen LogP contribution in [0.25, 0.3) is 6.08 Å². The summed E-state index contributed by atoms with van der Waals surface area (Å²) in [4.78, 5) is 11.7. The van der Waals surface area contributed by atoms with Crippen molar-refractivity contribution >= 4 is 35.2 Å². The number of aliphatic hydroxyl groups is 1. The van der Waals surface area contributed by atoms with Crippen LogP contribution < -0.4 is 5.32 Å². The van der Waals surface area contributed by atoms with Crippen molar-refractivity contribution in [3.63, 3.8) is 0 Å². The number of carbonyl (C=O) groups is 1. The second kappa shape index (κ2) is 7.53. The molecule has 1 rings (SSSR count). The van der Waals surface area contributed by atoms with Crippen molar-refractivity contribution in [1.82, 2.24) is 5.32 Å². The average molecular weight is 302 g/mol. The van der Waals surface area contributed by atoms with E-state index in [1.165, 1.54) is 6.08 Å². The Hall–Kier alpha value is -1.03. The van der Waals surface area contributed by atoms with Crippen LogP contribution in [0.2, 0.25) is 10.0 Å². The molecule has 1 atom stereocenters. The Morgan fingerprint density at radius 1 is 1.37 bits per heavy atom. The van der Waals surface area contributed by atoms with Crippen LogP contribution >= 0.6 is 23.2 Å². The predicted octanol–water partition coefficient (Wildman–Crippen LogP) is 3.14. The fraction of sp³-hybridized carbons (Fsp3) is 0.357. The van der Waals surface area contributed by atoms with Crippen molar-refractivity contribution in [1.29, 1.82) is 0 Å². The molecule has 104 valence electrons. The van der Waals surface area contributed by atoms with Crippen LogP contribution in [0, 0.1) is 5.92 Å². The Labute approximate surface area is 123 Å². The minimum absolute atomic E-state index is 0.0932. The van der Waals surface area contributed by atoms with Crippen molar-refractivity contribution in [2.24, 2.45) is 5.92 Å². The molecule has 0 saturated heterocycles. The summed E-state index contributed by atoms with van der Waals surface area (Å²) in [5, 5.41) is 12.8. The summed E-state index contributed by atoms with van der Waals surface area (Å²) in [5.74, 6) is -0.130. The van der Waals surface area contributed by atoms with Gasteiger partial charge in [0.05, 0.1) is 12.6 Å². The molecule has 0 aliphatic carbocycles. The van der Waals surface area contributed by atoms with E-state index in [0.717, 1.165) is 0 Å². The summed E-state index contributed by atoms with van der Waals surface area (Å²) in [6, 6.07) is 4.88. The van der Waals surface area contributed by atoms with E-state index in [9.17, 15) is 4.79 Å². The third-order valence-corrected chi connectivity index (χ3v) is 3.39. The number of amides is 1. The van der Waals surface area contributed by atoms with Gasteiger partial charge < -0.3 is 10.4 Å². The minimum atomic E-state index is -0.288. The summed E-state index contributed by atoms with van der Waals surface area (Å²) in [7, 11) is 0. The van der Waals surface area contributed by atoms with Gasteiger partial charge in [0.25, 0.3) is 0 Å². The molecule has 0 radical (unpaired) electrons. The monoisotopic (exact) mass is 301 g/mol. The van der Waals surface area contributed by atoms with Crippen LogP contribution in [-0.4, -0.2) is 23.7 Å². The number of hydrogen-bond donors (Lipinski definition) is 2. The highest BCUT2D eigenvalue weighted by Gasteiger charge is 2.13. The minimum Gasteiger partial charge on any atom is -0.394 e. The van der Waals surface area contributed by atoms with Crippen LogP contribution in [0.1, 0.15) is 19.4 Å². The molecule has 0 saturated carbocycles. The van der Waals surface area contributed by atoms with Gasteiger partial charge >= 0.3 is 0 Å². The van der Waals surface area contributed by atoms with Gasteiger partial charge in [-0.15, -0.1) is 0 Å². The van der Waals surface area contributed by atoms with Crippen molar-refractivity contribution in [3.8, 4) is 0 Å². The maximum absolute atomic E-state index is 11.7. The average Bonchev–Trinajstić information content (AvgIpc) is 2.35. The lowest BCUT2D eigenvalue weighted by Crippen LogP contribution is -2.40. The van der Waals surface area contributed by atoms with Gasteiger partial charge in [0.1, 0.15) is 0 Å². The lowest BCUT2D eigenvalue weighted by atomic mass is 10.1. The molecule has 3 nitrogen and oxygen atoms in total. The Balaban J connectivity index is 2.74. The zero-order chi connectivity index (χ0) is 14.4. The molecule has 0 aliphatic heterocycles. The second-order valence-corrected chi connectivity index (χ2v) is 5.32. The van der Waals surface area contributed by atoms with Gasteiger partial charge in [-0.25, -0.2) is 0 Å². The highest BCUT2D eigenvalue weighted by Crippen LogP contribution is 2.25. The number of hydrogen-bond acceptors (Lipinski definition) is 2. The first kappa shape index (κ1) is 16.0. The van der Waals surface area contributed by atoms with E-state index >= 15 is 0 Å². The molecule has 0 aromatic heterocycles. The number of rotatable bonds is 5. The maximum Gasteiger partial charge on any atom is 0.244 e. The summed E-state index contributed by atoms with van der Waals surface area (Å²) < 4.78 is 0. The summed E-state index contributed by atoms with van der Waals surface area (Å²) in [6.07, 6.45) is 2.92. The van der Waals surface area contributed by atoms with E-state index in [-0.39, 0.29) is 24.5 Å². The van der Waals surface area contributed by atoms with E-state index < -0.39 is 0 Å². The number of halogens is 2. The molecule has 5 heteroatoms. The smallest absolute Gasteiger partial charge is 0.244 e. The number of nitrogens with one attached hydrogen (secondary N) is 1. The van der Waals surface area contributed by atoms with Gasteiger partial charge in [-0.05, 0) is 24.1 Å². The Morgan fingerprint density at radius 3 is 2.42 bits per heavy atom. The third kappa shape index (κ3) is 4.86. The molecule has 0 heterocycles. The molecule has 0 bridgehead atoms. The second-order valence-electron chi connectivity index (χ2n) is 4.51. The van der Waals surface area contributed by atoms with Gasteiger partial charge in [0, 0.05) is 21.7 Å². The lowest BCUT2D eigenvalue weighted by Gasteiger charge is -2.18. The van der Waals surface area contributed by atoms with Crippen molar-refractivity contribution in [2.75, 3.05) is 6.61 Å². The fourth-order valence-electron chi connectivity index (χ4n) is 1.48. The summed E-state index contributed by atoms with van der Waals surface area (Å²) in [6.45, 7) is 3.76. The molecule has 1 unspecified atom stereocenters. The molecule has 0 aliphatic rings. The van der Waals surface area contributed by atoms with Gasteiger partial charge in [0.2, 0.25) is 5.91 Å². The van der Waals surface area contributed by atoms with E-state index in [4.69, 9.17) is 28.3 Å². The van der Waals surface area contributed by atoms with Gasteiger partial charge in [-0.2, -0.15) is 0 Å². The number of aliphatic hydroxyl groups excluding tert-OH is 1. The van der Waals surface area contributed by atoms with E-state index in [1.54, 1.807) is 24.3 Å². The third-order valence-electron chi connectivity index (χ3n) is 2.73. The Kier molecular flexibility index (Phi) is 6.35. The van der Waals surface area contributed by atoms with Gasteiger partial charge in [-0.3, -0.25) is 4.79 Å². The predicted molar refractivity (Wildman–Crippen MR) is 79.4 cm³/mol. The SMILES string of the molecule is CC(C)C(CO)NC(=O)C=Cc1c(Cl)cccc1Cl. The molecule has 19 heavy (non-hydrogen) atoms. The lowest BCUT2D eigenvalue weighted by molar-refractivity contribution is -0.117. The fourth-order valence-corrected chi connectivity index (χ4v) is 2.01. The molecule has 0 fully saturated rings.